The van der Waals surface area contributed by atoms with Crippen molar-refractivity contribution in [2.45, 2.75) is 40.2 Å². The van der Waals surface area contributed by atoms with Crippen LogP contribution in [0.1, 0.15) is 43.4 Å². The van der Waals surface area contributed by atoms with Gasteiger partial charge in [0.2, 0.25) is 0 Å². The first-order chi connectivity index (χ1) is 12.5. The molecule has 2 aromatic carbocycles. The number of benzene rings is 2. The Morgan fingerprint density at radius 1 is 0.923 bits per heavy atom. The number of aryl methyl sites for hydroxylation is 1. The van der Waals surface area contributed by atoms with Crippen molar-refractivity contribution in [2.75, 3.05) is 26.9 Å². The second-order valence-corrected chi connectivity index (χ2v) is 6.61. The van der Waals surface area contributed by atoms with Crippen LogP contribution in [0.3, 0.4) is 0 Å². The van der Waals surface area contributed by atoms with E-state index in [1.807, 2.05) is 38.2 Å². The lowest BCUT2D eigenvalue weighted by molar-refractivity contribution is 0.208. The lowest BCUT2D eigenvalue weighted by Crippen LogP contribution is -2.11. The molecule has 1 N–H and O–H groups in total. The summed E-state index contributed by atoms with van der Waals surface area (Å²) in [6.07, 6.45) is 0. The van der Waals surface area contributed by atoms with E-state index in [1.54, 1.807) is 0 Å². The van der Waals surface area contributed by atoms with Gasteiger partial charge in [-0.15, -0.1) is 0 Å². The lowest BCUT2D eigenvalue weighted by atomic mass is 9.98. The lowest BCUT2D eigenvalue weighted by Gasteiger charge is -2.15. The molecule has 2 rings (SSSR count). The van der Waals surface area contributed by atoms with Crippen LogP contribution in [0.5, 0.6) is 17.2 Å². The molecule has 0 aromatic heterocycles. The summed E-state index contributed by atoms with van der Waals surface area (Å²) in [6, 6.07) is 12.3. The highest BCUT2D eigenvalue weighted by Gasteiger charge is 2.08. The van der Waals surface area contributed by atoms with E-state index < -0.39 is 0 Å². The second-order valence-electron chi connectivity index (χ2n) is 6.61. The Bertz CT molecular complexity index is 698. The number of ether oxygens (including phenoxy) is 3. The second kappa shape index (κ2) is 10.1. The summed E-state index contributed by atoms with van der Waals surface area (Å²) >= 11 is 0. The number of hydrogen-bond donors (Lipinski definition) is 1. The van der Waals surface area contributed by atoms with Crippen LogP contribution in [0.25, 0.3) is 0 Å². The standard InChI is InChI=1S/C22H31NO3/c1-6-24-22-14-18(15-23-5)7-10-21(22)26-12-11-25-19-8-9-20(16(2)3)17(4)13-19/h7-10,13-14,16,23H,6,11-12,15H2,1-5H3. The van der Waals surface area contributed by atoms with Crippen molar-refractivity contribution in [1.82, 2.24) is 5.32 Å². The minimum absolute atomic E-state index is 0.469. The van der Waals surface area contributed by atoms with E-state index in [0.29, 0.717) is 25.7 Å². The normalized spacial score (nSPS) is 10.8. The van der Waals surface area contributed by atoms with Crippen molar-refractivity contribution in [3.8, 4) is 17.2 Å². The summed E-state index contributed by atoms with van der Waals surface area (Å²) in [5.41, 5.74) is 3.79. The van der Waals surface area contributed by atoms with Gasteiger partial charge in [-0.05, 0) is 67.8 Å². The summed E-state index contributed by atoms with van der Waals surface area (Å²) in [5, 5.41) is 3.14. The van der Waals surface area contributed by atoms with Gasteiger partial charge in [0.1, 0.15) is 19.0 Å². The third-order valence-corrected chi connectivity index (χ3v) is 4.16. The van der Waals surface area contributed by atoms with Crippen molar-refractivity contribution in [1.29, 1.82) is 0 Å². The van der Waals surface area contributed by atoms with Crippen LogP contribution in [-0.4, -0.2) is 26.9 Å². The molecule has 0 aliphatic carbocycles. The van der Waals surface area contributed by atoms with Crippen molar-refractivity contribution < 1.29 is 14.2 Å². The first-order valence-corrected chi connectivity index (χ1v) is 9.31. The Morgan fingerprint density at radius 3 is 2.35 bits per heavy atom. The van der Waals surface area contributed by atoms with Crippen molar-refractivity contribution in [3.05, 3.63) is 53.1 Å². The molecule has 2 aromatic rings. The van der Waals surface area contributed by atoms with Gasteiger partial charge >= 0.3 is 0 Å². The predicted octanol–water partition coefficient (Wildman–Crippen LogP) is 4.69. The van der Waals surface area contributed by atoms with Gasteiger partial charge in [-0.3, -0.25) is 0 Å². The SMILES string of the molecule is CCOc1cc(CNC)ccc1OCCOc1ccc(C(C)C)c(C)c1. The topological polar surface area (TPSA) is 39.7 Å². The molecule has 0 aliphatic rings. The molecule has 0 saturated heterocycles. The molecule has 4 heteroatoms. The smallest absolute Gasteiger partial charge is 0.161 e. The molecule has 0 saturated carbocycles. The predicted molar refractivity (Wildman–Crippen MR) is 107 cm³/mol. The van der Waals surface area contributed by atoms with Crippen molar-refractivity contribution >= 4 is 0 Å². The van der Waals surface area contributed by atoms with Gasteiger partial charge in [-0.2, -0.15) is 0 Å². The van der Waals surface area contributed by atoms with Crippen LogP contribution in [0.2, 0.25) is 0 Å². The zero-order valence-electron chi connectivity index (χ0n) is 16.6. The maximum atomic E-state index is 5.87. The fourth-order valence-corrected chi connectivity index (χ4v) is 2.95. The molecular weight excluding hydrogens is 326 g/mol. The summed E-state index contributed by atoms with van der Waals surface area (Å²) in [7, 11) is 1.93. The van der Waals surface area contributed by atoms with Crippen molar-refractivity contribution in [3.63, 3.8) is 0 Å². The van der Waals surface area contributed by atoms with E-state index >= 15 is 0 Å². The first kappa shape index (κ1) is 20.1. The Labute approximate surface area is 157 Å². The maximum absolute atomic E-state index is 5.87. The monoisotopic (exact) mass is 357 g/mol. The molecular formula is C22H31NO3. The Balaban J connectivity index is 1.90. The highest BCUT2D eigenvalue weighted by atomic mass is 16.5. The summed E-state index contributed by atoms with van der Waals surface area (Å²) < 4.78 is 17.4. The number of rotatable bonds is 10. The summed E-state index contributed by atoms with van der Waals surface area (Å²) in [6.45, 7) is 10.9. The summed E-state index contributed by atoms with van der Waals surface area (Å²) in [4.78, 5) is 0. The third kappa shape index (κ3) is 5.67. The van der Waals surface area contributed by atoms with Gasteiger partial charge in [0, 0.05) is 6.54 Å². The van der Waals surface area contributed by atoms with Crippen LogP contribution in [0, 0.1) is 6.92 Å². The van der Waals surface area contributed by atoms with Crippen LogP contribution < -0.4 is 19.5 Å². The molecule has 0 heterocycles. The maximum Gasteiger partial charge on any atom is 0.161 e. The Kier molecular flexibility index (Phi) is 7.79. The zero-order chi connectivity index (χ0) is 18.9. The third-order valence-electron chi connectivity index (χ3n) is 4.16. The quantitative estimate of drug-likeness (QED) is 0.626. The fraction of sp³-hybridized carbons (Fsp3) is 0.455. The Morgan fingerprint density at radius 2 is 1.69 bits per heavy atom. The van der Waals surface area contributed by atoms with Crippen LogP contribution >= 0.6 is 0 Å². The minimum Gasteiger partial charge on any atom is -0.490 e. The minimum atomic E-state index is 0.469. The van der Waals surface area contributed by atoms with E-state index in [4.69, 9.17) is 14.2 Å². The molecule has 0 amide bonds. The first-order valence-electron chi connectivity index (χ1n) is 9.31. The molecule has 0 unspecified atom stereocenters. The zero-order valence-corrected chi connectivity index (χ0v) is 16.6. The van der Waals surface area contributed by atoms with Gasteiger partial charge < -0.3 is 19.5 Å². The fourth-order valence-electron chi connectivity index (χ4n) is 2.95. The molecule has 0 radical (unpaired) electrons. The molecule has 142 valence electrons. The van der Waals surface area contributed by atoms with Crippen molar-refractivity contribution in [2.24, 2.45) is 0 Å². The molecule has 4 nitrogen and oxygen atoms in total. The van der Waals surface area contributed by atoms with Gasteiger partial charge in [0.05, 0.1) is 6.61 Å². The van der Waals surface area contributed by atoms with Crippen LogP contribution in [0.4, 0.5) is 0 Å². The van der Waals surface area contributed by atoms with E-state index in [0.717, 1.165) is 23.8 Å². The van der Waals surface area contributed by atoms with Gasteiger partial charge in [0.25, 0.3) is 0 Å². The van der Waals surface area contributed by atoms with E-state index in [1.165, 1.54) is 16.7 Å². The summed E-state index contributed by atoms with van der Waals surface area (Å²) in [5.74, 6) is 2.93. The van der Waals surface area contributed by atoms with Gasteiger partial charge in [-0.1, -0.05) is 26.0 Å². The molecule has 0 aliphatic heterocycles. The van der Waals surface area contributed by atoms with Gasteiger partial charge in [0.15, 0.2) is 11.5 Å². The van der Waals surface area contributed by atoms with E-state index in [2.05, 4.69) is 38.2 Å². The molecule has 0 fully saturated rings. The highest BCUT2D eigenvalue weighted by Crippen LogP contribution is 2.28. The van der Waals surface area contributed by atoms with E-state index in [-0.39, 0.29) is 0 Å². The van der Waals surface area contributed by atoms with Gasteiger partial charge in [-0.25, -0.2) is 0 Å². The van der Waals surface area contributed by atoms with Crippen LogP contribution in [0.15, 0.2) is 36.4 Å². The molecule has 0 bridgehead atoms. The van der Waals surface area contributed by atoms with E-state index in [9.17, 15) is 0 Å². The average molecular weight is 357 g/mol. The van der Waals surface area contributed by atoms with Crippen LogP contribution in [-0.2, 0) is 6.54 Å². The largest absolute Gasteiger partial charge is 0.490 e. The average Bonchev–Trinajstić information content (AvgIpc) is 2.60. The molecule has 26 heavy (non-hydrogen) atoms. The number of hydrogen-bond acceptors (Lipinski definition) is 4. The number of nitrogens with one attached hydrogen (secondary N) is 1. The molecule has 0 spiro atoms. The Hall–Kier alpha value is -2.20. The highest BCUT2D eigenvalue weighted by molar-refractivity contribution is 5.43. The molecule has 0 atom stereocenters.